The Kier molecular flexibility index (Phi) is 6.22. The zero-order chi connectivity index (χ0) is 16.2. The van der Waals surface area contributed by atoms with Crippen LogP contribution in [0.15, 0.2) is 59.5 Å². The normalized spacial score (nSPS) is 14.5. The summed E-state index contributed by atoms with van der Waals surface area (Å²) in [6.45, 7) is 9.18. The molecule has 2 aromatic rings. The Morgan fingerprint density at radius 2 is 1.59 bits per heavy atom. The van der Waals surface area contributed by atoms with E-state index >= 15 is 0 Å². The van der Waals surface area contributed by atoms with Gasteiger partial charge in [0.15, 0.2) is 0 Å². The monoisotopic (exact) mass is 396 g/mol. The summed E-state index contributed by atoms with van der Waals surface area (Å²) < 4.78 is 14.7. The van der Waals surface area contributed by atoms with Gasteiger partial charge in [0.25, 0.3) is 0 Å². The molecule has 0 spiro atoms. The van der Waals surface area contributed by atoms with Gasteiger partial charge in [-0.3, -0.25) is 0 Å². The molecule has 0 aliphatic carbocycles. The Morgan fingerprint density at radius 1 is 1.00 bits per heavy atom. The van der Waals surface area contributed by atoms with Crippen LogP contribution in [0.1, 0.15) is 5.56 Å². The minimum atomic E-state index is -1.26. The quantitative estimate of drug-likeness (QED) is 0.680. The summed E-state index contributed by atoms with van der Waals surface area (Å²) in [5, 5.41) is 0. The maximum absolute atomic E-state index is 13.1. The Morgan fingerprint density at radius 3 is 2.14 bits per heavy atom. The fourth-order valence-corrected chi connectivity index (χ4v) is 12.9. The van der Waals surface area contributed by atoms with Crippen LogP contribution in [-0.2, 0) is 10.8 Å². The zero-order valence-corrected chi connectivity index (χ0v) is 17.2. The number of hydrogen-bond donors (Lipinski definition) is 0. The van der Waals surface area contributed by atoms with Crippen molar-refractivity contribution in [3.05, 3.63) is 60.2 Å². The molecule has 0 radical (unpaired) electrons. The Labute approximate surface area is 144 Å². The number of rotatable bonds is 6. The van der Waals surface area contributed by atoms with Gasteiger partial charge in [-0.05, 0) is 0 Å². The average Bonchev–Trinajstić information content (AvgIpc) is 2.46. The van der Waals surface area contributed by atoms with Crippen LogP contribution in [0.4, 0.5) is 0 Å². The third-order valence-corrected chi connectivity index (χ3v) is 10.9. The van der Waals surface area contributed by atoms with Gasteiger partial charge in [0.05, 0.1) is 0 Å². The molecule has 0 aromatic heterocycles. The second-order valence-corrected chi connectivity index (χ2v) is 17.3. The first-order valence-electron chi connectivity index (χ1n) is 7.54. The molecule has 22 heavy (non-hydrogen) atoms. The van der Waals surface area contributed by atoms with Gasteiger partial charge in [0, 0.05) is 0 Å². The second kappa shape index (κ2) is 7.74. The van der Waals surface area contributed by atoms with Crippen LogP contribution in [-0.4, -0.2) is 31.4 Å². The molecule has 0 heterocycles. The third-order valence-electron chi connectivity index (χ3n) is 3.28. The van der Waals surface area contributed by atoms with E-state index in [4.69, 9.17) is 0 Å². The van der Waals surface area contributed by atoms with E-state index in [1.54, 1.807) is 0 Å². The fraction of sp³-hybridized carbons (Fsp3) is 0.333. The summed E-state index contributed by atoms with van der Waals surface area (Å²) in [5.41, 5.74) is 1.22. The molecule has 0 saturated carbocycles. The molecule has 0 bridgehead atoms. The molecule has 2 rings (SSSR count). The fourth-order valence-electron chi connectivity index (χ4n) is 2.14. The molecular weight excluding hydrogens is 371 g/mol. The van der Waals surface area contributed by atoms with Gasteiger partial charge in [0.1, 0.15) is 0 Å². The molecule has 1 nitrogen and oxygen atoms in total. The molecule has 0 N–H and O–H groups in total. The van der Waals surface area contributed by atoms with E-state index in [0.717, 1.165) is 10.9 Å². The number of hydrogen-bond acceptors (Lipinski definition) is 1. The molecule has 2 aromatic carbocycles. The van der Waals surface area contributed by atoms with Crippen molar-refractivity contribution in [3.63, 3.8) is 0 Å². The van der Waals surface area contributed by atoms with E-state index < -0.39 is 18.9 Å². The van der Waals surface area contributed by atoms with Crippen LogP contribution in [0.25, 0.3) is 0 Å². The van der Waals surface area contributed by atoms with Gasteiger partial charge in [-0.25, -0.2) is 0 Å². The van der Waals surface area contributed by atoms with E-state index in [2.05, 4.69) is 63.0 Å². The molecule has 0 saturated heterocycles. The first-order valence-corrected chi connectivity index (χ1v) is 14.3. The summed E-state index contributed by atoms with van der Waals surface area (Å²) in [7, 11) is -2.17. The first-order chi connectivity index (χ1) is 10.3. The van der Waals surface area contributed by atoms with Crippen molar-refractivity contribution in [1.29, 1.82) is 0 Å². The van der Waals surface area contributed by atoms with Gasteiger partial charge in [-0.1, -0.05) is 0 Å². The summed E-state index contributed by atoms with van der Waals surface area (Å²) in [6, 6.07) is 19.9. The predicted octanol–water partition coefficient (Wildman–Crippen LogP) is 3.80. The molecule has 0 fully saturated rings. The second-order valence-electron chi connectivity index (χ2n) is 6.74. The molecule has 2 atom stereocenters. The van der Waals surface area contributed by atoms with Crippen LogP contribution in [0, 0.1) is 6.92 Å². The molecule has 0 amide bonds. The molecule has 2 unspecified atom stereocenters. The van der Waals surface area contributed by atoms with Gasteiger partial charge in [-0.2, -0.15) is 0 Å². The standard InChI is InChI=1S/C18H24OSSeSi/c1-15-10-12-16(13-11-15)20(19)18(14-22(2,3)4)21-17-8-6-5-7-9-17/h5-13,18H,14H2,1-4H3. The Hall–Kier alpha value is -0.674. The number of aryl methyl sites for hydroxylation is 1. The van der Waals surface area contributed by atoms with Crippen LogP contribution in [0.2, 0.25) is 25.7 Å². The van der Waals surface area contributed by atoms with E-state index in [1.807, 2.05) is 18.2 Å². The van der Waals surface area contributed by atoms with Gasteiger partial charge >= 0.3 is 144 Å². The molecular formula is C18H24OSSeSi. The summed E-state index contributed by atoms with van der Waals surface area (Å²) in [6.07, 6.45) is 0. The van der Waals surface area contributed by atoms with Crippen LogP contribution < -0.4 is 4.46 Å². The Balaban J connectivity index is 2.23. The van der Waals surface area contributed by atoms with Crippen LogP contribution in [0.5, 0.6) is 0 Å². The van der Waals surface area contributed by atoms with Crippen molar-refractivity contribution in [2.75, 3.05) is 0 Å². The Bertz CT molecular complexity index is 620. The van der Waals surface area contributed by atoms with E-state index in [9.17, 15) is 4.21 Å². The summed E-state index contributed by atoms with van der Waals surface area (Å²) >= 11 is 0.247. The zero-order valence-electron chi connectivity index (χ0n) is 13.7. The van der Waals surface area contributed by atoms with Crippen LogP contribution in [0.3, 0.4) is 0 Å². The molecule has 118 valence electrons. The van der Waals surface area contributed by atoms with Crippen molar-refractivity contribution in [2.45, 2.75) is 41.7 Å². The predicted molar refractivity (Wildman–Crippen MR) is 101 cm³/mol. The van der Waals surface area contributed by atoms with Crippen molar-refractivity contribution < 1.29 is 4.21 Å². The van der Waals surface area contributed by atoms with Crippen molar-refractivity contribution in [1.82, 2.24) is 0 Å². The van der Waals surface area contributed by atoms with Gasteiger partial charge in [-0.15, -0.1) is 0 Å². The van der Waals surface area contributed by atoms with E-state index in [1.165, 1.54) is 10.0 Å². The maximum atomic E-state index is 13.1. The van der Waals surface area contributed by atoms with Gasteiger partial charge in [0.2, 0.25) is 0 Å². The summed E-state index contributed by atoms with van der Waals surface area (Å²) in [4.78, 5) is 0.978. The molecule has 4 heteroatoms. The van der Waals surface area contributed by atoms with Crippen molar-refractivity contribution in [2.24, 2.45) is 0 Å². The number of benzene rings is 2. The third kappa shape index (κ3) is 5.51. The molecule has 0 aliphatic rings. The topological polar surface area (TPSA) is 17.1 Å². The van der Waals surface area contributed by atoms with Crippen molar-refractivity contribution in [3.8, 4) is 0 Å². The summed E-state index contributed by atoms with van der Waals surface area (Å²) in [5.74, 6) is 0. The van der Waals surface area contributed by atoms with Gasteiger partial charge < -0.3 is 0 Å². The molecule has 0 aliphatic heterocycles. The SMILES string of the molecule is Cc1ccc(S(=O)C(C[Si](C)(C)C)[Se]c2ccccc2)cc1. The van der Waals surface area contributed by atoms with E-state index in [0.29, 0.717) is 0 Å². The van der Waals surface area contributed by atoms with Crippen LogP contribution >= 0.6 is 0 Å². The average molecular weight is 396 g/mol. The first kappa shape index (κ1) is 17.7. The van der Waals surface area contributed by atoms with Crippen molar-refractivity contribution >= 4 is 38.3 Å². The minimum absolute atomic E-state index is 0.247. The van der Waals surface area contributed by atoms with E-state index in [-0.39, 0.29) is 19.1 Å².